The first-order valence-corrected chi connectivity index (χ1v) is 9.62. The zero-order chi connectivity index (χ0) is 19.2. The summed E-state index contributed by atoms with van der Waals surface area (Å²) >= 11 is 1.40. The Balaban J connectivity index is 1.62. The number of ether oxygens (including phenoxy) is 2. The van der Waals surface area contributed by atoms with Crippen LogP contribution in [0.3, 0.4) is 0 Å². The molecule has 0 fully saturated rings. The minimum absolute atomic E-state index is 0.109. The molecule has 0 saturated heterocycles. The maximum Gasteiger partial charge on any atom is 0.264 e. The molecule has 2 aromatic carbocycles. The van der Waals surface area contributed by atoms with Crippen molar-refractivity contribution < 1.29 is 14.3 Å². The third-order valence-corrected chi connectivity index (χ3v) is 4.69. The maximum absolute atomic E-state index is 12.2. The van der Waals surface area contributed by atoms with Crippen LogP contribution in [0.1, 0.15) is 18.1 Å². The summed E-state index contributed by atoms with van der Waals surface area (Å²) in [5, 5.41) is 5.29. The van der Waals surface area contributed by atoms with Crippen molar-refractivity contribution in [2.24, 2.45) is 0 Å². The van der Waals surface area contributed by atoms with Gasteiger partial charge < -0.3 is 9.47 Å². The largest absolute Gasteiger partial charge is 0.490 e. The van der Waals surface area contributed by atoms with Gasteiger partial charge in [-0.25, -0.2) is 4.98 Å². The first-order chi connectivity index (χ1) is 13.1. The van der Waals surface area contributed by atoms with E-state index in [9.17, 15) is 4.79 Å². The van der Waals surface area contributed by atoms with Crippen LogP contribution in [0.25, 0.3) is 11.3 Å². The van der Waals surface area contributed by atoms with E-state index in [1.807, 2.05) is 30.5 Å². The summed E-state index contributed by atoms with van der Waals surface area (Å²) in [6.45, 7) is 6.43. The number of rotatable bonds is 7. The van der Waals surface area contributed by atoms with Crippen molar-refractivity contribution in [2.45, 2.75) is 20.8 Å². The lowest BCUT2D eigenvalue weighted by Gasteiger charge is -2.11. The summed E-state index contributed by atoms with van der Waals surface area (Å²) in [6.07, 6.45) is 0. The average molecular weight is 382 g/mol. The Kier molecular flexibility index (Phi) is 6.08. The number of carbonyl (C=O) groups excluding carboxylic acids is 1. The van der Waals surface area contributed by atoms with Gasteiger partial charge in [0, 0.05) is 10.9 Å². The Bertz CT molecular complexity index is 937. The highest BCUT2D eigenvalue weighted by molar-refractivity contribution is 7.14. The van der Waals surface area contributed by atoms with E-state index in [1.165, 1.54) is 16.9 Å². The predicted octanol–water partition coefficient (Wildman–Crippen LogP) is 4.84. The lowest BCUT2D eigenvalue weighted by molar-refractivity contribution is -0.118. The second kappa shape index (κ2) is 8.68. The second-order valence-electron chi connectivity index (χ2n) is 6.07. The average Bonchev–Trinajstić information content (AvgIpc) is 3.11. The van der Waals surface area contributed by atoms with Crippen LogP contribution in [0.2, 0.25) is 0 Å². The highest BCUT2D eigenvalue weighted by Crippen LogP contribution is 2.29. The summed E-state index contributed by atoms with van der Waals surface area (Å²) < 4.78 is 11.1. The Labute approximate surface area is 163 Å². The van der Waals surface area contributed by atoms with E-state index in [4.69, 9.17) is 9.47 Å². The first kappa shape index (κ1) is 18.9. The third-order valence-electron chi connectivity index (χ3n) is 3.93. The number of benzene rings is 2. The molecule has 3 aromatic rings. The van der Waals surface area contributed by atoms with Gasteiger partial charge in [0.1, 0.15) is 0 Å². The molecule has 0 aliphatic rings. The van der Waals surface area contributed by atoms with Crippen LogP contribution in [0.5, 0.6) is 11.5 Å². The van der Waals surface area contributed by atoms with Gasteiger partial charge in [0.2, 0.25) is 0 Å². The molecule has 5 nitrogen and oxygen atoms in total. The lowest BCUT2D eigenvalue weighted by Crippen LogP contribution is -2.20. The smallest absolute Gasteiger partial charge is 0.264 e. The van der Waals surface area contributed by atoms with E-state index in [1.54, 1.807) is 6.07 Å². The van der Waals surface area contributed by atoms with E-state index in [0.29, 0.717) is 23.2 Å². The summed E-state index contributed by atoms with van der Waals surface area (Å²) in [5.41, 5.74) is 4.27. The number of carbonyl (C=O) groups is 1. The predicted molar refractivity (Wildman–Crippen MR) is 109 cm³/mol. The van der Waals surface area contributed by atoms with Crippen molar-refractivity contribution >= 4 is 22.4 Å². The standard InChI is InChI=1S/C21H22N2O3S/c1-4-25-18-7-5-6-8-19(18)26-12-20(24)23-21-22-17(13-27-21)16-11-14(2)9-10-15(16)3/h5-11,13H,4,12H2,1-3H3,(H,22,23,24). The summed E-state index contributed by atoms with van der Waals surface area (Å²) in [6, 6.07) is 13.5. The summed E-state index contributed by atoms with van der Waals surface area (Å²) in [5.74, 6) is 0.909. The van der Waals surface area contributed by atoms with Crippen LogP contribution in [-0.4, -0.2) is 24.1 Å². The van der Waals surface area contributed by atoms with Gasteiger partial charge in [-0.05, 0) is 44.5 Å². The molecule has 1 amide bonds. The van der Waals surface area contributed by atoms with Crippen molar-refractivity contribution in [3.63, 3.8) is 0 Å². The van der Waals surface area contributed by atoms with Gasteiger partial charge >= 0.3 is 0 Å². The molecule has 0 aliphatic heterocycles. The van der Waals surface area contributed by atoms with Gasteiger partial charge in [0.05, 0.1) is 12.3 Å². The van der Waals surface area contributed by atoms with Gasteiger partial charge in [-0.3, -0.25) is 10.1 Å². The number of nitrogens with one attached hydrogen (secondary N) is 1. The molecule has 1 aromatic heterocycles. The SMILES string of the molecule is CCOc1ccccc1OCC(=O)Nc1nc(-c2cc(C)ccc2C)cs1. The number of aromatic nitrogens is 1. The molecular formula is C21H22N2O3S. The van der Waals surface area contributed by atoms with Crippen molar-refractivity contribution in [1.82, 2.24) is 4.98 Å². The first-order valence-electron chi connectivity index (χ1n) is 8.74. The van der Waals surface area contributed by atoms with Gasteiger partial charge in [-0.15, -0.1) is 11.3 Å². The number of hydrogen-bond donors (Lipinski definition) is 1. The zero-order valence-electron chi connectivity index (χ0n) is 15.6. The van der Waals surface area contributed by atoms with E-state index in [0.717, 1.165) is 16.8 Å². The minimum atomic E-state index is -0.261. The molecule has 0 aliphatic carbocycles. The molecule has 0 unspecified atom stereocenters. The topological polar surface area (TPSA) is 60.5 Å². The molecule has 0 bridgehead atoms. The maximum atomic E-state index is 12.2. The van der Waals surface area contributed by atoms with E-state index in [-0.39, 0.29) is 12.5 Å². The monoisotopic (exact) mass is 382 g/mol. The normalized spacial score (nSPS) is 10.5. The third kappa shape index (κ3) is 4.86. The molecule has 6 heteroatoms. The highest BCUT2D eigenvalue weighted by Gasteiger charge is 2.11. The molecule has 1 heterocycles. The number of anilines is 1. The van der Waals surface area contributed by atoms with Gasteiger partial charge in [0.25, 0.3) is 5.91 Å². The number of aryl methyl sites for hydroxylation is 2. The fourth-order valence-electron chi connectivity index (χ4n) is 2.61. The van der Waals surface area contributed by atoms with Crippen LogP contribution in [0.4, 0.5) is 5.13 Å². The van der Waals surface area contributed by atoms with Gasteiger partial charge in [-0.1, -0.05) is 29.8 Å². The number of hydrogen-bond acceptors (Lipinski definition) is 5. The summed E-state index contributed by atoms with van der Waals surface area (Å²) in [4.78, 5) is 16.7. The van der Waals surface area contributed by atoms with Crippen LogP contribution < -0.4 is 14.8 Å². The quantitative estimate of drug-likeness (QED) is 0.635. The Morgan fingerprint density at radius 1 is 1.11 bits per heavy atom. The van der Waals surface area contributed by atoms with Crippen LogP contribution in [-0.2, 0) is 4.79 Å². The van der Waals surface area contributed by atoms with Crippen LogP contribution in [0, 0.1) is 13.8 Å². The Morgan fingerprint density at radius 3 is 2.59 bits per heavy atom. The fourth-order valence-corrected chi connectivity index (χ4v) is 3.34. The van der Waals surface area contributed by atoms with Gasteiger partial charge in [0.15, 0.2) is 23.2 Å². The zero-order valence-corrected chi connectivity index (χ0v) is 16.4. The second-order valence-corrected chi connectivity index (χ2v) is 6.93. The molecule has 27 heavy (non-hydrogen) atoms. The van der Waals surface area contributed by atoms with Crippen molar-refractivity contribution in [2.75, 3.05) is 18.5 Å². The summed E-state index contributed by atoms with van der Waals surface area (Å²) in [7, 11) is 0. The highest BCUT2D eigenvalue weighted by atomic mass is 32.1. The van der Waals surface area contributed by atoms with Crippen molar-refractivity contribution in [3.05, 3.63) is 59.0 Å². The number of amides is 1. The minimum Gasteiger partial charge on any atom is -0.490 e. The van der Waals surface area contributed by atoms with Crippen LogP contribution >= 0.6 is 11.3 Å². The molecule has 140 valence electrons. The van der Waals surface area contributed by atoms with E-state index in [2.05, 4.69) is 42.3 Å². The van der Waals surface area contributed by atoms with Crippen molar-refractivity contribution in [1.29, 1.82) is 0 Å². The molecular weight excluding hydrogens is 360 g/mol. The van der Waals surface area contributed by atoms with Gasteiger partial charge in [-0.2, -0.15) is 0 Å². The van der Waals surface area contributed by atoms with E-state index < -0.39 is 0 Å². The molecule has 0 atom stereocenters. The fraction of sp³-hybridized carbons (Fsp3) is 0.238. The molecule has 1 N–H and O–H groups in total. The molecule has 0 radical (unpaired) electrons. The Morgan fingerprint density at radius 2 is 1.85 bits per heavy atom. The lowest BCUT2D eigenvalue weighted by atomic mass is 10.0. The molecule has 3 rings (SSSR count). The van der Waals surface area contributed by atoms with Crippen LogP contribution in [0.15, 0.2) is 47.8 Å². The number of thiazole rings is 1. The van der Waals surface area contributed by atoms with E-state index >= 15 is 0 Å². The van der Waals surface area contributed by atoms with Crippen molar-refractivity contribution in [3.8, 4) is 22.8 Å². The number of nitrogens with zero attached hydrogens (tertiary/aromatic N) is 1. The number of para-hydroxylation sites is 2. The molecule has 0 saturated carbocycles. The molecule has 0 spiro atoms. The Hall–Kier alpha value is -2.86.